The Kier molecular flexibility index (Phi) is 7.94. The third-order valence-corrected chi connectivity index (χ3v) is 4.69. The number of piperazine rings is 1. The summed E-state index contributed by atoms with van der Waals surface area (Å²) in [6, 6.07) is 5.87. The Balaban J connectivity index is 1.63. The van der Waals surface area contributed by atoms with Gasteiger partial charge >= 0.3 is 0 Å². The molecule has 6 heteroatoms. The topological polar surface area (TPSA) is 35.9 Å². The molecule has 0 saturated carbocycles. The molecular weight excluding hydrogens is 323 g/mol. The van der Waals surface area contributed by atoms with Crippen molar-refractivity contribution in [1.82, 2.24) is 9.80 Å². The molecule has 0 aromatic heterocycles. The van der Waals surface area contributed by atoms with Gasteiger partial charge in [-0.3, -0.25) is 4.90 Å². The fraction of sp³-hybridized carbons (Fsp3) is 0.625. The molecule has 0 radical (unpaired) electrons. The highest BCUT2D eigenvalue weighted by Gasteiger charge is 2.16. The zero-order valence-electron chi connectivity index (χ0n) is 12.8. The van der Waals surface area contributed by atoms with E-state index >= 15 is 0 Å². The highest BCUT2D eigenvalue weighted by atomic mass is 35.5. The van der Waals surface area contributed by atoms with Crippen LogP contribution in [-0.2, 0) is 11.2 Å². The molecule has 0 atom stereocenters. The molecule has 1 N–H and O–H groups in total. The maximum atomic E-state index is 8.66. The molecule has 1 aromatic carbocycles. The minimum absolute atomic E-state index is 0.0997. The Bertz CT molecular complexity index is 452. The summed E-state index contributed by atoms with van der Waals surface area (Å²) in [4.78, 5) is 4.89. The standard InChI is InChI=1S/C16H24Cl2N2O2/c17-15-2-1-14(13-16(15)18)3-4-19-5-7-20(8-6-19)9-11-22-12-10-21/h1-2,13,21H,3-12H2. The number of nitrogens with zero attached hydrogens (tertiary/aromatic N) is 2. The first-order valence-corrected chi connectivity index (χ1v) is 8.52. The first-order valence-electron chi connectivity index (χ1n) is 7.76. The highest BCUT2D eigenvalue weighted by molar-refractivity contribution is 6.42. The Morgan fingerprint density at radius 3 is 2.27 bits per heavy atom. The first-order chi connectivity index (χ1) is 10.7. The molecule has 1 fully saturated rings. The lowest BCUT2D eigenvalue weighted by molar-refractivity contribution is 0.0578. The quantitative estimate of drug-likeness (QED) is 0.731. The molecular formula is C16H24Cl2N2O2. The fourth-order valence-electron chi connectivity index (χ4n) is 2.58. The van der Waals surface area contributed by atoms with Gasteiger partial charge in [-0.1, -0.05) is 29.3 Å². The van der Waals surface area contributed by atoms with Gasteiger partial charge in [0.25, 0.3) is 0 Å². The van der Waals surface area contributed by atoms with Gasteiger partial charge < -0.3 is 14.7 Å². The molecule has 1 aliphatic heterocycles. The normalized spacial score (nSPS) is 17.0. The lowest BCUT2D eigenvalue weighted by Crippen LogP contribution is -2.47. The van der Waals surface area contributed by atoms with Crippen molar-refractivity contribution in [2.75, 3.05) is 59.1 Å². The summed E-state index contributed by atoms with van der Waals surface area (Å²) in [5.41, 5.74) is 1.23. The van der Waals surface area contributed by atoms with Crippen LogP contribution < -0.4 is 0 Å². The molecule has 0 spiro atoms. The summed E-state index contributed by atoms with van der Waals surface area (Å²) in [5.74, 6) is 0. The number of rotatable bonds is 8. The van der Waals surface area contributed by atoms with Gasteiger partial charge in [0.2, 0.25) is 0 Å². The van der Waals surface area contributed by atoms with Crippen molar-refractivity contribution in [3.8, 4) is 0 Å². The maximum absolute atomic E-state index is 8.66. The monoisotopic (exact) mass is 346 g/mol. The minimum atomic E-state index is 0.0997. The van der Waals surface area contributed by atoms with Gasteiger partial charge in [-0.2, -0.15) is 0 Å². The van der Waals surface area contributed by atoms with Gasteiger partial charge in [0.15, 0.2) is 0 Å². The predicted octanol–water partition coefficient (Wildman–Crippen LogP) is 2.16. The van der Waals surface area contributed by atoms with Crippen molar-refractivity contribution in [3.63, 3.8) is 0 Å². The molecule has 1 aliphatic rings. The Morgan fingerprint density at radius 1 is 0.955 bits per heavy atom. The summed E-state index contributed by atoms with van der Waals surface area (Å²) in [7, 11) is 0. The molecule has 0 unspecified atom stereocenters. The Labute approximate surface area is 142 Å². The van der Waals surface area contributed by atoms with Crippen LogP contribution in [0.4, 0.5) is 0 Å². The third kappa shape index (κ3) is 6.03. The first kappa shape index (κ1) is 18.0. The van der Waals surface area contributed by atoms with Crippen molar-refractivity contribution < 1.29 is 9.84 Å². The van der Waals surface area contributed by atoms with Gasteiger partial charge in [0, 0.05) is 39.3 Å². The highest BCUT2D eigenvalue weighted by Crippen LogP contribution is 2.22. The van der Waals surface area contributed by atoms with Gasteiger partial charge in [-0.15, -0.1) is 0 Å². The van der Waals surface area contributed by atoms with Crippen molar-refractivity contribution in [1.29, 1.82) is 0 Å². The summed E-state index contributed by atoms with van der Waals surface area (Å²) >= 11 is 12.0. The van der Waals surface area contributed by atoms with Crippen LogP contribution in [0.15, 0.2) is 18.2 Å². The average molecular weight is 347 g/mol. The fourth-order valence-corrected chi connectivity index (χ4v) is 2.90. The van der Waals surface area contributed by atoms with Crippen LogP contribution in [-0.4, -0.2) is 74.0 Å². The van der Waals surface area contributed by atoms with E-state index in [2.05, 4.69) is 9.80 Å². The van der Waals surface area contributed by atoms with E-state index in [1.165, 1.54) is 5.56 Å². The number of hydrogen-bond acceptors (Lipinski definition) is 4. The Morgan fingerprint density at radius 2 is 1.64 bits per heavy atom. The molecule has 1 saturated heterocycles. The zero-order chi connectivity index (χ0) is 15.8. The van der Waals surface area contributed by atoms with Gasteiger partial charge in [0.05, 0.1) is 29.9 Å². The van der Waals surface area contributed by atoms with Crippen molar-refractivity contribution in [2.45, 2.75) is 6.42 Å². The van der Waals surface area contributed by atoms with E-state index in [0.29, 0.717) is 23.3 Å². The molecule has 0 bridgehead atoms. The zero-order valence-corrected chi connectivity index (χ0v) is 14.3. The molecule has 22 heavy (non-hydrogen) atoms. The maximum Gasteiger partial charge on any atom is 0.0698 e. The number of hydrogen-bond donors (Lipinski definition) is 1. The molecule has 2 rings (SSSR count). The molecule has 4 nitrogen and oxygen atoms in total. The predicted molar refractivity (Wildman–Crippen MR) is 91.0 cm³/mol. The lowest BCUT2D eigenvalue weighted by atomic mass is 10.1. The van der Waals surface area contributed by atoms with Gasteiger partial charge in [-0.05, 0) is 24.1 Å². The van der Waals surface area contributed by atoms with Crippen molar-refractivity contribution >= 4 is 23.2 Å². The average Bonchev–Trinajstić information content (AvgIpc) is 2.54. The van der Waals surface area contributed by atoms with E-state index in [1.54, 1.807) is 0 Å². The number of aliphatic hydroxyl groups excluding tert-OH is 1. The van der Waals surface area contributed by atoms with E-state index < -0.39 is 0 Å². The van der Waals surface area contributed by atoms with Crippen LogP contribution in [0.25, 0.3) is 0 Å². The van der Waals surface area contributed by atoms with Gasteiger partial charge in [0.1, 0.15) is 0 Å². The van der Waals surface area contributed by atoms with Crippen molar-refractivity contribution in [2.24, 2.45) is 0 Å². The molecule has 0 aliphatic carbocycles. The summed E-state index contributed by atoms with van der Waals surface area (Å²) in [6.07, 6.45) is 0.997. The Hall–Kier alpha value is -0.360. The lowest BCUT2D eigenvalue weighted by Gasteiger charge is -2.34. The smallest absolute Gasteiger partial charge is 0.0698 e. The largest absolute Gasteiger partial charge is 0.394 e. The van der Waals surface area contributed by atoms with E-state index in [-0.39, 0.29) is 6.61 Å². The third-order valence-electron chi connectivity index (χ3n) is 3.95. The second-order valence-corrected chi connectivity index (χ2v) is 6.33. The number of aliphatic hydroxyl groups is 1. The summed E-state index contributed by atoms with van der Waals surface area (Å²) in [6.45, 7) is 7.54. The van der Waals surface area contributed by atoms with Crippen LogP contribution in [0.3, 0.4) is 0 Å². The second-order valence-electron chi connectivity index (χ2n) is 5.52. The molecule has 1 heterocycles. The summed E-state index contributed by atoms with van der Waals surface area (Å²) in [5, 5.41) is 9.91. The van der Waals surface area contributed by atoms with E-state index in [9.17, 15) is 0 Å². The molecule has 1 aromatic rings. The van der Waals surface area contributed by atoms with Crippen molar-refractivity contribution in [3.05, 3.63) is 33.8 Å². The van der Waals surface area contributed by atoms with Gasteiger partial charge in [-0.25, -0.2) is 0 Å². The van der Waals surface area contributed by atoms with E-state index in [4.69, 9.17) is 33.0 Å². The second kappa shape index (κ2) is 9.71. The molecule has 0 amide bonds. The minimum Gasteiger partial charge on any atom is -0.394 e. The van der Waals surface area contributed by atoms with E-state index in [0.717, 1.165) is 45.7 Å². The number of benzene rings is 1. The van der Waals surface area contributed by atoms with Crippen LogP contribution >= 0.6 is 23.2 Å². The van der Waals surface area contributed by atoms with Crippen LogP contribution in [0.2, 0.25) is 10.0 Å². The van der Waals surface area contributed by atoms with Crippen LogP contribution in [0, 0.1) is 0 Å². The van der Waals surface area contributed by atoms with Crippen LogP contribution in [0.5, 0.6) is 0 Å². The number of halogens is 2. The number of ether oxygens (including phenoxy) is 1. The van der Waals surface area contributed by atoms with E-state index in [1.807, 2.05) is 18.2 Å². The van der Waals surface area contributed by atoms with Crippen LogP contribution in [0.1, 0.15) is 5.56 Å². The molecule has 124 valence electrons. The summed E-state index contributed by atoms with van der Waals surface area (Å²) < 4.78 is 5.31. The SMILES string of the molecule is OCCOCCN1CCN(CCc2ccc(Cl)c(Cl)c2)CC1.